The average Bonchev–Trinajstić information content (AvgIpc) is 2.54. The number of amides is 1. The predicted octanol–water partition coefficient (Wildman–Crippen LogP) is 3.55. The Hall–Kier alpha value is -2.29. The summed E-state index contributed by atoms with van der Waals surface area (Å²) in [4.78, 5) is 13.9. The van der Waals surface area contributed by atoms with Crippen LogP contribution in [0.3, 0.4) is 0 Å². The van der Waals surface area contributed by atoms with E-state index in [1.807, 2.05) is 19.2 Å². The van der Waals surface area contributed by atoms with E-state index < -0.39 is 0 Å². The Kier molecular flexibility index (Phi) is 5.59. The van der Waals surface area contributed by atoms with Gasteiger partial charge in [-0.25, -0.2) is 0 Å². The highest BCUT2D eigenvalue weighted by atomic mass is 16.3. The van der Waals surface area contributed by atoms with E-state index in [1.165, 1.54) is 5.56 Å². The van der Waals surface area contributed by atoms with Crippen molar-refractivity contribution in [3.05, 3.63) is 65.2 Å². The Morgan fingerprint density at radius 2 is 1.68 bits per heavy atom. The molecule has 0 saturated carbocycles. The van der Waals surface area contributed by atoms with Gasteiger partial charge >= 0.3 is 0 Å². The van der Waals surface area contributed by atoms with Crippen LogP contribution in [0.4, 0.5) is 0 Å². The lowest BCUT2D eigenvalue weighted by molar-refractivity contribution is -0.130. The molecule has 0 heterocycles. The molecule has 116 valence electrons. The molecule has 1 N–H and O–H groups in total. The number of para-hydroxylation sites is 1. The molecule has 3 nitrogen and oxygen atoms in total. The Balaban J connectivity index is 1.87. The quantitative estimate of drug-likeness (QED) is 0.886. The molecule has 0 aliphatic rings. The first-order valence-corrected chi connectivity index (χ1v) is 7.68. The number of aromatic hydroxyl groups is 1. The molecular formula is C19H23NO2. The fourth-order valence-electron chi connectivity index (χ4n) is 2.40. The van der Waals surface area contributed by atoms with Gasteiger partial charge in [-0.3, -0.25) is 4.79 Å². The molecule has 3 heteroatoms. The summed E-state index contributed by atoms with van der Waals surface area (Å²) in [5.74, 6) is 0.343. The van der Waals surface area contributed by atoms with Crippen LogP contribution in [0.5, 0.6) is 5.75 Å². The molecule has 0 unspecified atom stereocenters. The van der Waals surface area contributed by atoms with Crippen molar-refractivity contribution in [1.29, 1.82) is 0 Å². The van der Waals surface area contributed by atoms with Gasteiger partial charge in [0.15, 0.2) is 0 Å². The third-order valence-corrected chi connectivity index (χ3v) is 3.88. The number of hydrogen-bond donors (Lipinski definition) is 1. The van der Waals surface area contributed by atoms with Gasteiger partial charge in [0, 0.05) is 20.0 Å². The molecule has 1 amide bonds. The molecule has 2 rings (SSSR count). The molecule has 0 radical (unpaired) electrons. The minimum absolute atomic E-state index is 0.0859. The van der Waals surface area contributed by atoms with E-state index in [1.54, 1.807) is 17.0 Å². The van der Waals surface area contributed by atoms with Gasteiger partial charge in [0.05, 0.1) is 0 Å². The van der Waals surface area contributed by atoms with Gasteiger partial charge in [0.1, 0.15) is 5.75 Å². The minimum atomic E-state index is 0.0859. The van der Waals surface area contributed by atoms with E-state index in [9.17, 15) is 9.90 Å². The summed E-state index contributed by atoms with van der Waals surface area (Å²) in [6.45, 7) is 2.74. The van der Waals surface area contributed by atoms with Crippen LogP contribution in [0.2, 0.25) is 0 Å². The third-order valence-electron chi connectivity index (χ3n) is 3.88. The minimum Gasteiger partial charge on any atom is -0.508 e. The summed E-state index contributed by atoms with van der Waals surface area (Å²) in [6.07, 6.45) is 1.99. The number of phenolic OH excluding ortho intramolecular Hbond substituents is 1. The second-order valence-corrected chi connectivity index (χ2v) is 5.55. The number of aryl methyl sites for hydroxylation is 2. The molecule has 0 spiro atoms. The van der Waals surface area contributed by atoms with Crippen molar-refractivity contribution in [1.82, 2.24) is 4.90 Å². The van der Waals surface area contributed by atoms with Gasteiger partial charge in [-0.15, -0.1) is 0 Å². The van der Waals surface area contributed by atoms with Gasteiger partial charge in [-0.2, -0.15) is 0 Å². The zero-order chi connectivity index (χ0) is 15.9. The Morgan fingerprint density at radius 1 is 1.05 bits per heavy atom. The maximum absolute atomic E-state index is 12.2. The smallest absolute Gasteiger partial charge is 0.222 e. The molecule has 0 aliphatic heterocycles. The number of nitrogens with zero attached hydrogens (tertiary/aromatic N) is 1. The maximum Gasteiger partial charge on any atom is 0.222 e. The van der Waals surface area contributed by atoms with Crippen LogP contribution in [0.1, 0.15) is 30.0 Å². The third kappa shape index (κ3) is 4.35. The monoisotopic (exact) mass is 297 g/mol. The lowest BCUT2D eigenvalue weighted by atomic mass is 10.1. The summed E-state index contributed by atoms with van der Waals surface area (Å²) in [6, 6.07) is 15.5. The van der Waals surface area contributed by atoms with Crippen LogP contribution < -0.4 is 0 Å². The highest BCUT2D eigenvalue weighted by Crippen LogP contribution is 2.18. The van der Waals surface area contributed by atoms with Crippen molar-refractivity contribution < 1.29 is 9.90 Å². The summed E-state index contributed by atoms with van der Waals surface area (Å²) in [5, 5.41) is 9.72. The van der Waals surface area contributed by atoms with Crippen molar-refractivity contribution in [3.63, 3.8) is 0 Å². The van der Waals surface area contributed by atoms with E-state index in [-0.39, 0.29) is 11.7 Å². The second kappa shape index (κ2) is 7.64. The second-order valence-electron chi connectivity index (χ2n) is 5.55. The highest BCUT2D eigenvalue weighted by molar-refractivity contribution is 5.76. The molecule has 0 fully saturated rings. The number of rotatable bonds is 6. The summed E-state index contributed by atoms with van der Waals surface area (Å²) >= 11 is 0. The fraction of sp³-hybridized carbons (Fsp3) is 0.316. The van der Waals surface area contributed by atoms with Crippen molar-refractivity contribution in [2.24, 2.45) is 0 Å². The van der Waals surface area contributed by atoms with Crippen molar-refractivity contribution in [2.75, 3.05) is 7.05 Å². The van der Waals surface area contributed by atoms with Crippen molar-refractivity contribution in [3.8, 4) is 5.75 Å². The maximum atomic E-state index is 12.2. The van der Waals surface area contributed by atoms with Crippen molar-refractivity contribution >= 4 is 5.91 Å². The van der Waals surface area contributed by atoms with E-state index in [2.05, 4.69) is 31.2 Å². The Bertz CT molecular complexity index is 620. The lowest BCUT2D eigenvalue weighted by Gasteiger charge is -2.17. The topological polar surface area (TPSA) is 40.5 Å². The number of phenols is 1. The lowest BCUT2D eigenvalue weighted by Crippen LogP contribution is -2.26. The SMILES string of the molecule is CCc1ccc(CN(C)C(=O)CCc2ccccc2O)cc1. The van der Waals surface area contributed by atoms with Gasteiger partial charge in [-0.05, 0) is 35.6 Å². The van der Waals surface area contributed by atoms with Crippen LogP contribution in [-0.2, 0) is 24.2 Å². The molecule has 2 aromatic rings. The first-order chi connectivity index (χ1) is 10.6. The van der Waals surface area contributed by atoms with E-state index in [4.69, 9.17) is 0 Å². The standard InChI is InChI=1S/C19H23NO2/c1-3-15-8-10-16(11-9-15)14-20(2)19(22)13-12-17-6-4-5-7-18(17)21/h4-11,21H,3,12-14H2,1-2H3. The van der Waals surface area contributed by atoms with Crippen LogP contribution >= 0.6 is 0 Å². The molecular weight excluding hydrogens is 274 g/mol. The van der Waals surface area contributed by atoms with E-state index in [0.29, 0.717) is 19.4 Å². The normalized spacial score (nSPS) is 10.5. The van der Waals surface area contributed by atoms with Crippen LogP contribution in [-0.4, -0.2) is 23.0 Å². The Morgan fingerprint density at radius 3 is 2.32 bits per heavy atom. The van der Waals surface area contributed by atoms with Crippen molar-refractivity contribution in [2.45, 2.75) is 32.7 Å². The molecule has 0 aromatic heterocycles. The van der Waals surface area contributed by atoms with Gasteiger partial charge < -0.3 is 10.0 Å². The number of carbonyl (C=O) groups excluding carboxylic acids is 1. The molecule has 2 aromatic carbocycles. The zero-order valence-electron chi connectivity index (χ0n) is 13.2. The highest BCUT2D eigenvalue weighted by Gasteiger charge is 2.10. The van der Waals surface area contributed by atoms with Crippen LogP contribution in [0, 0.1) is 0 Å². The van der Waals surface area contributed by atoms with Gasteiger partial charge in [0.2, 0.25) is 5.91 Å². The fourth-order valence-corrected chi connectivity index (χ4v) is 2.40. The number of benzene rings is 2. The number of hydrogen-bond acceptors (Lipinski definition) is 2. The average molecular weight is 297 g/mol. The first kappa shape index (κ1) is 16.1. The molecule has 0 atom stereocenters. The summed E-state index contributed by atoms with van der Waals surface area (Å²) in [7, 11) is 1.82. The largest absolute Gasteiger partial charge is 0.508 e. The molecule has 0 aliphatic carbocycles. The molecule has 0 bridgehead atoms. The zero-order valence-corrected chi connectivity index (χ0v) is 13.2. The summed E-state index contributed by atoms with van der Waals surface area (Å²) < 4.78 is 0. The Labute approximate surface area is 132 Å². The van der Waals surface area contributed by atoms with Crippen LogP contribution in [0.15, 0.2) is 48.5 Å². The summed E-state index contributed by atoms with van der Waals surface area (Å²) in [5.41, 5.74) is 3.25. The predicted molar refractivity (Wildman–Crippen MR) is 88.7 cm³/mol. The van der Waals surface area contributed by atoms with Gasteiger partial charge in [-0.1, -0.05) is 49.4 Å². The molecule has 22 heavy (non-hydrogen) atoms. The van der Waals surface area contributed by atoms with E-state index >= 15 is 0 Å². The van der Waals surface area contributed by atoms with Crippen LogP contribution in [0.25, 0.3) is 0 Å². The molecule has 0 saturated heterocycles. The van der Waals surface area contributed by atoms with Gasteiger partial charge in [0.25, 0.3) is 0 Å². The first-order valence-electron chi connectivity index (χ1n) is 7.68. The number of carbonyl (C=O) groups is 1. The van der Waals surface area contributed by atoms with E-state index in [0.717, 1.165) is 17.5 Å².